The van der Waals surface area contributed by atoms with E-state index in [1.165, 1.54) is 36.4 Å². The lowest BCUT2D eigenvalue weighted by Crippen LogP contribution is -2.35. The Hall–Kier alpha value is -4.53. The van der Waals surface area contributed by atoms with Crippen LogP contribution in [0.1, 0.15) is 37.9 Å². The highest BCUT2D eigenvalue weighted by Crippen LogP contribution is 2.31. The molecule has 0 spiro atoms. The van der Waals surface area contributed by atoms with Gasteiger partial charge in [-0.15, -0.1) is 0 Å². The Balaban J connectivity index is 1.29. The summed E-state index contributed by atoms with van der Waals surface area (Å²) in [7, 11) is 0. The predicted molar refractivity (Wildman–Crippen MR) is 123 cm³/mol. The van der Waals surface area contributed by atoms with E-state index in [9.17, 15) is 23.6 Å². The zero-order valence-corrected chi connectivity index (χ0v) is 18.5. The van der Waals surface area contributed by atoms with Gasteiger partial charge in [-0.05, 0) is 53.6 Å². The second-order valence-electron chi connectivity index (χ2n) is 7.79. The van der Waals surface area contributed by atoms with Gasteiger partial charge in [0.25, 0.3) is 5.91 Å². The van der Waals surface area contributed by atoms with Crippen LogP contribution in [-0.2, 0) is 25.5 Å². The fraction of sp³-hybridized carbons (Fsp3) is 0.154. The lowest BCUT2D eigenvalue weighted by Gasteiger charge is -2.25. The molecule has 0 aliphatic carbocycles. The molecule has 1 aliphatic rings. The first kappa shape index (κ1) is 23.6. The zero-order valence-electron chi connectivity index (χ0n) is 18.5. The van der Waals surface area contributed by atoms with Crippen molar-refractivity contribution in [2.45, 2.75) is 12.5 Å². The molecular weight excluding hydrogens is 455 g/mol. The number of benzene rings is 3. The van der Waals surface area contributed by atoms with Crippen LogP contribution in [0.4, 0.5) is 10.1 Å². The van der Waals surface area contributed by atoms with Gasteiger partial charge >= 0.3 is 11.9 Å². The zero-order chi connectivity index (χ0) is 24.8. The summed E-state index contributed by atoms with van der Waals surface area (Å²) in [5.74, 6) is -2.84. The molecule has 4 rings (SSSR count). The van der Waals surface area contributed by atoms with Crippen molar-refractivity contribution in [1.29, 1.82) is 0 Å². The van der Waals surface area contributed by atoms with Gasteiger partial charge in [-0.1, -0.05) is 30.3 Å². The lowest BCUT2D eigenvalue weighted by molar-refractivity contribution is -0.126. The van der Waals surface area contributed by atoms with Gasteiger partial charge < -0.3 is 20.1 Å². The molecule has 178 valence electrons. The number of cyclic esters (lactones) is 1. The van der Waals surface area contributed by atoms with E-state index in [1.807, 2.05) is 30.3 Å². The molecule has 3 aromatic rings. The Bertz CT molecular complexity index is 1260. The lowest BCUT2D eigenvalue weighted by atomic mass is 9.93. The third kappa shape index (κ3) is 6.08. The first-order valence-corrected chi connectivity index (χ1v) is 10.8. The molecule has 3 aromatic carbocycles. The number of nitrogens with one attached hydrogen (secondary N) is 2. The maximum absolute atomic E-state index is 12.9. The van der Waals surface area contributed by atoms with Crippen molar-refractivity contribution >= 4 is 29.4 Å². The normalized spacial score (nSPS) is 14.3. The number of halogens is 1. The first-order valence-electron chi connectivity index (χ1n) is 10.8. The quantitative estimate of drug-likeness (QED) is 0.507. The number of esters is 2. The molecule has 0 fully saturated rings. The fourth-order valence-electron chi connectivity index (χ4n) is 3.56. The maximum atomic E-state index is 12.9. The van der Waals surface area contributed by atoms with Crippen molar-refractivity contribution < 1.29 is 33.0 Å². The predicted octanol–water partition coefficient (Wildman–Crippen LogP) is 3.19. The summed E-state index contributed by atoms with van der Waals surface area (Å²) < 4.78 is 23.5. The van der Waals surface area contributed by atoms with E-state index in [2.05, 4.69) is 10.6 Å². The summed E-state index contributed by atoms with van der Waals surface area (Å²) in [4.78, 5) is 48.7. The van der Waals surface area contributed by atoms with Crippen molar-refractivity contribution in [3.05, 3.63) is 101 Å². The molecule has 9 heteroatoms. The number of ether oxygens (including phenoxy) is 2. The van der Waals surface area contributed by atoms with Gasteiger partial charge in [0.15, 0.2) is 6.61 Å². The smallest absolute Gasteiger partial charge is 0.339 e. The van der Waals surface area contributed by atoms with Crippen LogP contribution < -0.4 is 10.6 Å². The standard InChI is InChI=1S/C26H21FN2O6/c27-19-7-9-20(10-8-19)29-23(30)14-28-24(31)15-34-25(32)17-6-11-21-18(12-17)13-22(35-26(21)33)16-4-2-1-3-5-16/h1-12,22H,13-15H2,(H,28,31)(H,29,30). The van der Waals surface area contributed by atoms with Crippen LogP contribution in [0.15, 0.2) is 72.8 Å². The van der Waals surface area contributed by atoms with Gasteiger partial charge in [0.2, 0.25) is 5.91 Å². The Morgan fingerprint density at radius 3 is 2.46 bits per heavy atom. The number of carbonyl (C=O) groups excluding carboxylic acids is 4. The molecule has 1 aliphatic heterocycles. The number of rotatable bonds is 7. The van der Waals surface area contributed by atoms with E-state index in [0.717, 1.165) is 5.56 Å². The summed E-state index contributed by atoms with van der Waals surface area (Å²) in [6.07, 6.45) is -0.0649. The second-order valence-corrected chi connectivity index (χ2v) is 7.79. The molecule has 0 radical (unpaired) electrons. The minimum absolute atomic E-state index is 0.187. The molecule has 35 heavy (non-hydrogen) atoms. The van der Waals surface area contributed by atoms with Crippen molar-refractivity contribution in [2.24, 2.45) is 0 Å². The summed E-state index contributed by atoms with van der Waals surface area (Å²) >= 11 is 0. The molecule has 0 bridgehead atoms. The molecule has 1 atom stereocenters. The van der Waals surface area contributed by atoms with E-state index < -0.39 is 42.3 Å². The molecule has 1 unspecified atom stereocenters. The summed E-state index contributed by atoms with van der Waals surface area (Å²) in [5.41, 5.74) is 2.43. The Morgan fingerprint density at radius 1 is 0.971 bits per heavy atom. The van der Waals surface area contributed by atoms with Gasteiger partial charge in [0.05, 0.1) is 17.7 Å². The van der Waals surface area contributed by atoms with Gasteiger partial charge in [0, 0.05) is 12.1 Å². The molecule has 0 aromatic heterocycles. The Morgan fingerprint density at radius 2 is 1.71 bits per heavy atom. The number of anilines is 1. The molecule has 2 amide bonds. The number of hydrogen-bond donors (Lipinski definition) is 2. The van der Waals surface area contributed by atoms with E-state index in [4.69, 9.17) is 9.47 Å². The van der Waals surface area contributed by atoms with Crippen LogP contribution in [0.2, 0.25) is 0 Å². The van der Waals surface area contributed by atoms with Crippen LogP contribution in [0.3, 0.4) is 0 Å². The average Bonchev–Trinajstić information content (AvgIpc) is 2.87. The van der Waals surface area contributed by atoms with Crippen LogP contribution in [0.25, 0.3) is 0 Å². The van der Waals surface area contributed by atoms with Crippen molar-refractivity contribution in [2.75, 3.05) is 18.5 Å². The van der Waals surface area contributed by atoms with Crippen molar-refractivity contribution in [1.82, 2.24) is 5.32 Å². The highest BCUT2D eigenvalue weighted by molar-refractivity contribution is 5.97. The van der Waals surface area contributed by atoms with Crippen LogP contribution in [0.5, 0.6) is 0 Å². The van der Waals surface area contributed by atoms with Crippen LogP contribution in [-0.4, -0.2) is 36.9 Å². The number of fused-ring (bicyclic) bond motifs is 1. The molecule has 8 nitrogen and oxygen atoms in total. The van der Waals surface area contributed by atoms with Crippen molar-refractivity contribution in [3.8, 4) is 0 Å². The number of hydrogen-bond acceptors (Lipinski definition) is 6. The Kier molecular flexibility index (Phi) is 7.15. The number of amides is 2. The fourth-order valence-corrected chi connectivity index (χ4v) is 3.56. The summed E-state index contributed by atoms with van der Waals surface area (Å²) in [6, 6.07) is 18.9. The maximum Gasteiger partial charge on any atom is 0.339 e. The Labute approximate surface area is 200 Å². The molecular formula is C26H21FN2O6. The summed E-state index contributed by atoms with van der Waals surface area (Å²) in [6.45, 7) is -0.940. The SMILES string of the molecule is O=C(COC(=O)c1ccc2c(c1)CC(c1ccccc1)OC2=O)NCC(=O)Nc1ccc(F)cc1. The number of carbonyl (C=O) groups is 4. The van der Waals surface area contributed by atoms with E-state index in [-0.39, 0.29) is 12.1 Å². The minimum Gasteiger partial charge on any atom is -0.454 e. The highest BCUT2D eigenvalue weighted by Gasteiger charge is 2.28. The van der Waals surface area contributed by atoms with Gasteiger partial charge in [-0.3, -0.25) is 9.59 Å². The van der Waals surface area contributed by atoms with Crippen molar-refractivity contribution in [3.63, 3.8) is 0 Å². The molecule has 1 heterocycles. The highest BCUT2D eigenvalue weighted by atomic mass is 19.1. The largest absolute Gasteiger partial charge is 0.454 e. The average molecular weight is 476 g/mol. The topological polar surface area (TPSA) is 111 Å². The van der Waals surface area contributed by atoms with Gasteiger partial charge in [0.1, 0.15) is 11.9 Å². The van der Waals surface area contributed by atoms with Crippen LogP contribution >= 0.6 is 0 Å². The minimum atomic E-state index is -0.742. The molecule has 0 saturated heterocycles. The van der Waals surface area contributed by atoms with E-state index in [1.54, 1.807) is 6.07 Å². The molecule has 0 saturated carbocycles. The van der Waals surface area contributed by atoms with Gasteiger partial charge in [-0.2, -0.15) is 0 Å². The third-order valence-electron chi connectivity index (χ3n) is 5.30. The second kappa shape index (κ2) is 10.6. The monoisotopic (exact) mass is 476 g/mol. The van der Waals surface area contributed by atoms with E-state index in [0.29, 0.717) is 23.2 Å². The first-order chi connectivity index (χ1) is 16.9. The van der Waals surface area contributed by atoms with Crippen LogP contribution in [0, 0.1) is 5.82 Å². The summed E-state index contributed by atoms with van der Waals surface area (Å²) in [5, 5.41) is 4.83. The van der Waals surface area contributed by atoms with Gasteiger partial charge in [-0.25, -0.2) is 14.0 Å². The van der Waals surface area contributed by atoms with E-state index >= 15 is 0 Å². The third-order valence-corrected chi connectivity index (χ3v) is 5.30. The molecule has 2 N–H and O–H groups in total.